The van der Waals surface area contributed by atoms with Crippen molar-refractivity contribution in [2.24, 2.45) is 0 Å². The van der Waals surface area contributed by atoms with E-state index in [0.29, 0.717) is 36.1 Å². The molecule has 248 valence electrons. The first-order valence-electron chi connectivity index (χ1n) is 16.2. The van der Waals surface area contributed by atoms with Gasteiger partial charge in [-0.2, -0.15) is 10.2 Å². The number of hydrogen-bond acceptors (Lipinski definition) is 9. The zero-order chi connectivity index (χ0) is 34.1. The summed E-state index contributed by atoms with van der Waals surface area (Å²) in [6.07, 6.45) is 6.61. The van der Waals surface area contributed by atoms with Crippen LogP contribution in [0.5, 0.6) is 0 Å². The number of hydrogen-bond donors (Lipinski definition) is 6. The van der Waals surface area contributed by atoms with Gasteiger partial charge in [-0.05, 0) is 49.7 Å². The van der Waals surface area contributed by atoms with Crippen molar-refractivity contribution in [2.75, 3.05) is 18.0 Å². The summed E-state index contributed by atoms with van der Waals surface area (Å²) in [5, 5.41) is 15.8. The van der Waals surface area contributed by atoms with Crippen molar-refractivity contribution in [3.63, 3.8) is 0 Å². The third-order valence-corrected chi connectivity index (χ3v) is 8.56. The summed E-state index contributed by atoms with van der Waals surface area (Å²) in [6, 6.07) is 15.9. The molecule has 2 aromatic carbocycles. The molecule has 0 atom stereocenters. The van der Waals surface area contributed by atoms with E-state index in [1.165, 1.54) is 0 Å². The van der Waals surface area contributed by atoms with Crippen molar-refractivity contribution in [1.29, 1.82) is 0 Å². The van der Waals surface area contributed by atoms with Crippen molar-refractivity contribution in [1.82, 2.24) is 55.2 Å². The van der Waals surface area contributed by atoms with Crippen LogP contribution in [0.25, 0.3) is 66.4 Å². The molecule has 0 saturated carbocycles. The van der Waals surface area contributed by atoms with Gasteiger partial charge in [-0.1, -0.05) is 25.5 Å². The van der Waals surface area contributed by atoms with Crippen LogP contribution in [0.15, 0.2) is 60.9 Å². The number of fused-ring (bicyclic) bond motifs is 6. The number of unbranched alkanes of at least 4 members (excludes halogenated alkanes) is 1. The summed E-state index contributed by atoms with van der Waals surface area (Å²) >= 11 is 0. The number of nitrogen functional groups attached to an aromatic ring is 2. The number of aromatic amines is 4. The number of carbonyl (C=O) groups excluding carboxylic acids is 1. The van der Waals surface area contributed by atoms with Crippen LogP contribution in [0.4, 0.5) is 11.6 Å². The minimum absolute atomic E-state index is 0.00751. The van der Waals surface area contributed by atoms with E-state index in [-0.39, 0.29) is 5.91 Å². The number of carbonyl (C=O) groups is 1. The first-order chi connectivity index (χ1) is 23.8. The average Bonchev–Trinajstić information content (AvgIpc) is 3.93. The fourth-order valence-corrected chi connectivity index (χ4v) is 5.96. The van der Waals surface area contributed by atoms with Gasteiger partial charge in [-0.15, -0.1) is 0 Å². The van der Waals surface area contributed by atoms with Crippen LogP contribution in [0.3, 0.4) is 0 Å². The number of nitrogens with one attached hydrogen (secondary N) is 4. The van der Waals surface area contributed by atoms with Crippen LogP contribution >= 0.6 is 0 Å². The standard InChI is InChI=1S/C18H19N7O.C17H18N6/c1-3-25(10(2)26)9-15-22-16-12-5-4-11(13-6-7-20-24-13)8-14(12)21-18(19)17(16)23-15;1-2-3-4-14-21-15-11-6-5-10(12-7-8-19-23-12)9-13(11)20-17(18)16(15)22-14/h4-8H,3,9H2,1-2H3,(H2,19,21)(H,20,24)(H,22,23);5-9H,2-4H2,1H3,(H2,18,20)(H,19,23)(H,21,22). The zero-order valence-corrected chi connectivity index (χ0v) is 27.5. The van der Waals surface area contributed by atoms with Gasteiger partial charge in [0.25, 0.3) is 0 Å². The number of benzene rings is 2. The highest BCUT2D eigenvalue weighted by molar-refractivity contribution is 6.08. The van der Waals surface area contributed by atoms with Crippen LogP contribution < -0.4 is 11.5 Å². The molecule has 0 aliphatic carbocycles. The first kappa shape index (κ1) is 31.3. The summed E-state index contributed by atoms with van der Waals surface area (Å²) < 4.78 is 0. The molecule has 6 aromatic heterocycles. The summed E-state index contributed by atoms with van der Waals surface area (Å²) in [5.41, 5.74) is 20.9. The lowest BCUT2D eigenvalue weighted by molar-refractivity contribution is -0.129. The summed E-state index contributed by atoms with van der Waals surface area (Å²) in [4.78, 5) is 38.4. The van der Waals surface area contributed by atoms with E-state index in [1.807, 2.05) is 55.5 Å². The fraction of sp³-hybridized carbons (Fsp3) is 0.229. The molecule has 1 amide bonds. The number of aromatic nitrogens is 10. The van der Waals surface area contributed by atoms with Gasteiger partial charge in [0.1, 0.15) is 45.4 Å². The van der Waals surface area contributed by atoms with Gasteiger partial charge < -0.3 is 26.3 Å². The lowest BCUT2D eigenvalue weighted by Crippen LogP contribution is -2.28. The maximum Gasteiger partial charge on any atom is 0.219 e. The molecule has 14 nitrogen and oxygen atoms in total. The molecule has 6 heterocycles. The Kier molecular flexibility index (Phi) is 8.34. The Balaban J connectivity index is 0.000000155. The summed E-state index contributed by atoms with van der Waals surface area (Å²) in [5.74, 6) is 2.55. The number of pyridine rings is 2. The number of rotatable bonds is 8. The second-order valence-corrected chi connectivity index (χ2v) is 11.8. The second kappa shape index (κ2) is 13.1. The van der Waals surface area contributed by atoms with Crippen molar-refractivity contribution in [3.05, 3.63) is 72.6 Å². The quantitative estimate of drug-likeness (QED) is 0.115. The molecular formula is C35H37N13O. The Hall–Kier alpha value is -6.31. The van der Waals surface area contributed by atoms with Gasteiger partial charge in [0, 0.05) is 54.2 Å². The van der Waals surface area contributed by atoms with E-state index in [4.69, 9.17) is 16.5 Å². The van der Waals surface area contributed by atoms with Gasteiger partial charge in [0.2, 0.25) is 5.91 Å². The maximum atomic E-state index is 11.7. The molecule has 0 aliphatic heterocycles. The molecule has 0 fully saturated rings. The van der Waals surface area contributed by atoms with E-state index in [9.17, 15) is 4.79 Å². The Morgan fingerprint density at radius 2 is 1.27 bits per heavy atom. The van der Waals surface area contributed by atoms with Crippen LogP contribution in [-0.4, -0.2) is 67.7 Å². The molecule has 8 N–H and O–H groups in total. The minimum Gasteiger partial charge on any atom is -0.382 e. The molecule has 0 saturated heterocycles. The molecule has 0 aliphatic rings. The summed E-state index contributed by atoms with van der Waals surface area (Å²) in [7, 11) is 0. The molecule has 0 unspecified atom stereocenters. The highest BCUT2D eigenvalue weighted by atomic mass is 16.2. The third-order valence-electron chi connectivity index (χ3n) is 8.56. The number of amides is 1. The van der Waals surface area contributed by atoms with Crippen molar-refractivity contribution in [3.8, 4) is 22.5 Å². The highest BCUT2D eigenvalue weighted by Gasteiger charge is 2.16. The zero-order valence-electron chi connectivity index (χ0n) is 27.5. The lowest BCUT2D eigenvalue weighted by Gasteiger charge is -2.16. The van der Waals surface area contributed by atoms with Crippen molar-refractivity contribution < 1.29 is 4.79 Å². The number of imidazole rings is 2. The van der Waals surface area contributed by atoms with Gasteiger partial charge in [-0.3, -0.25) is 15.0 Å². The Labute approximate surface area is 280 Å². The predicted octanol–water partition coefficient (Wildman–Crippen LogP) is 5.88. The number of nitrogens with zero attached hydrogens (tertiary/aromatic N) is 7. The van der Waals surface area contributed by atoms with Gasteiger partial charge in [0.05, 0.1) is 29.0 Å². The second-order valence-electron chi connectivity index (χ2n) is 11.8. The first-order valence-corrected chi connectivity index (χ1v) is 16.2. The third kappa shape index (κ3) is 6.11. The van der Waals surface area contributed by atoms with Gasteiger partial charge in [0.15, 0.2) is 0 Å². The Morgan fingerprint density at radius 3 is 1.73 bits per heavy atom. The smallest absolute Gasteiger partial charge is 0.219 e. The maximum absolute atomic E-state index is 11.7. The number of nitrogens with two attached hydrogens (primary N) is 2. The van der Waals surface area contributed by atoms with Crippen LogP contribution in [0.2, 0.25) is 0 Å². The number of aryl methyl sites for hydroxylation is 1. The lowest BCUT2D eigenvalue weighted by atomic mass is 10.1. The minimum atomic E-state index is 0.00751. The van der Waals surface area contributed by atoms with Crippen LogP contribution in [0, 0.1) is 0 Å². The number of H-pyrrole nitrogens is 4. The molecule has 0 spiro atoms. The van der Waals surface area contributed by atoms with Crippen LogP contribution in [-0.2, 0) is 17.8 Å². The topological polar surface area (TPSA) is 213 Å². The Morgan fingerprint density at radius 1 is 0.735 bits per heavy atom. The molecule has 49 heavy (non-hydrogen) atoms. The van der Waals surface area contributed by atoms with Crippen molar-refractivity contribution >= 4 is 61.4 Å². The number of anilines is 2. The van der Waals surface area contributed by atoms with E-state index < -0.39 is 0 Å². The fourth-order valence-electron chi connectivity index (χ4n) is 5.96. The summed E-state index contributed by atoms with van der Waals surface area (Å²) in [6.45, 7) is 6.69. The molecule has 8 aromatic rings. The van der Waals surface area contributed by atoms with E-state index in [1.54, 1.807) is 24.2 Å². The molecule has 0 radical (unpaired) electrons. The largest absolute Gasteiger partial charge is 0.382 e. The normalized spacial score (nSPS) is 11.4. The average molecular weight is 656 g/mol. The predicted molar refractivity (Wildman–Crippen MR) is 192 cm³/mol. The van der Waals surface area contributed by atoms with Crippen molar-refractivity contribution in [2.45, 2.75) is 46.6 Å². The van der Waals surface area contributed by atoms with E-state index in [2.05, 4.69) is 52.2 Å². The van der Waals surface area contributed by atoms with Gasteiger partial charge in [-0.25, -0.2) is 19.9 Å². The molecule has 8 rings (SSSR count). The highest BCUT2D eigenvalue weighted by Crippen LogP contribution is 2.31. The van der Waals surface area contributed by atoms with Crippen LogP contribution in [0.1, 0.15) is 45.3 Å². The van der Waals surface area contributed by atoms with Gasteiger partial charge >= 0.3 is 0 Å². The molecule has 0 bridgehead atoms. The SMILES string of the molecule is CCCCc1nc2c([nH]1)c(N)nc1cc(-c3ccn[nH]3)ccc12.CCN(Cc1nc2c([nH]1)c(N)nc1cc(-c3ccn[nH]3)ccc12)C(C)=O. The monoisotopic (exact) mass is 655 g/mol. The van der Waals surface area contributed by atoms with E-state index >= 15 is 0 Å². The van der Waals surface area contributed by atoms with E-state index in [0.717, 1.165) is 86.0 Å². The molecular weight excluding hydrogens is 618 g/mol. The Bertz CT molecular complexity index is 2410. The molecule has 14 heteroatoms.